The van der Waals surface area contributed by atoms with Crippen LogP contribution in [0, 0.1) is 0 Å². The lowest BCUT2D eigenvalue weighted by Crippen LogP contribution is -2.00. The monoisotopic (exact) mass is 300 g/mol. The average molecular weight is 301 g/mol. The highest BCUT2D eigenvalue weighted by Crippen LogP contribution is 2.34. The topological polar surface area (TPSA) is 55.8 Å². The van der Waals surface area contributed by atoms with Crippen molar-refractivity contribution in [1.29, 1.82) is 0 Å². The Kier molecular flexibility index (Phi) is 7.23. The molecule has 112 valence electrons. The zero-order valence-electron chi connectivity index (χ0n) is 11.9. The average Bonchev–Trinajstić information content (AvgIpc) is 2.39. The maximum absolute atomic E-state index is 10.5. The molecule has 1 rings (SSSR count). The van der Waals surface area contributed by atoms with Gasteiger partial charge in [0.25, 0.3) is 0 Å². The summed E-state index contributed by atoms with van der Waals surface area (Å²) in [6, 6.07) is 3.65. The molecule has 5 heteroatoms. The van der Waals surface area contributed by atoms with Crippen molar-refractivity contribution in [3.8, 4) is 11.5 Å². The number of halogens is 1. The predicted octanol–water partition coefficient (Wildman–Crippen LogP) is 3.93. The van der Waals surface area contributed by atoms with Crippen LogP contribution in [0.15, 0.2) is 12.1 Å². The number of aliphatic carboxylic acids is 1. The quantitative estimate of drug-likeness (QED) is 0.702. The lowest BCUT2D eigenvalue weighted by Gasteiger charge is -2.14. The number of ether oxygens (including phenoxy) is 2. The van der Waals surface area contributed by atoms with Crippen molar-refractivity contribution >= 4 is 17.6 Å². The van der Waals surface area contributed by atoms with Gasteiger partial charge in [-0.3, -0.25) is 4.79 Å². The summed E-state index contributed by atoms with van der Waals surface area (Å²) in [6.07, 6.45) is 2.35. The molecule has 0 unspecified atom stereocenters. The number of carbonyl (C=O) groups is 1. The molecule has 1 N–H and O–H groups in total. The smallest absolute Gasteiger partial charge is 0.303 e. The van der Waals surface area contributed by atoms with Crippen LogP contribution in [0.1, 0.15) is 38.7 Å². The van der Waals surface area contributed by atoms with Crippen molar-refractivity contribution < 1.29 is 19.4 Å². The van der Waals surface area contributed by atoms with E-state index in [9.17, 15) is 4.79 Å². The van der Waals surface area contributed by atoms with Gasteiger partial charge in [-0.2, -0.15) is 0 Å². The number of rotatable bonds is 9. The second-order valence-electron chi connectivity index (χ2n) is 4.36. The fraction of sp³-hybridized carbons (Fsp3) is 0.533. The highest BCUT2D eigenvalue weighted by Gasteiger charge is 2.11. The summed E-state index contributed by atoms with van der Waals surface area (Å²) in [5, 5.41) is 9.24. The number of hydrogen-bond acceptors (Lipinski definition) is 3. The van der Waals surface area contributed by atoms with E-state index in [1.165, 1.54) is 0 Å². The lowest BCUT2D eigenvalue weighted by atomic mass is 10.1. The van der Waals surface area contributed by atoms with E-state index in [1.807, 2.05) is 19.9 Å². The number of hydrogen-bond donors (Lipinski definition) is 1. The van der Waals surface area contributed by atoms with E-state index in [0.29, 0.717) is 36.2 Å². The summed E-state index contributed by atoms with van der Waals surface area (Å²) >= 11 is 6.23. The standard InChI is InChI=1S/C15H21ClO4/c1-3-19-13-9-11(7-5-6-8-15(17)18)12(16)10-14(13)20-4-2/h9-10H,3-8H2,1-2H3,(H,17,18). The van der Waals surface area contributed by atoms with Crippen LogP contribution < -0.4 is 9.47 Å². The third-order valence-electron chi connectivity index (χ3n) is 2.80. The fourth-order valence-electron chi connectivity index (χ4n) is 1.90. The van der Waals surface area contributed by atoms with E-state index in [0.717, 1.165) is 18.4 Å². The molecule has 0 spiro atoms. The van der Waals surface area contributed by atoms with Crippen LogP contribution in [0.25, 0.3) is 0 Å². The first-order chi connectivity index (χ1) is 9.58. The molecule has 0 radical (unpaired) electrons. The van der Waals surface area contributed by atoms with Crippen LogP contribution in [0.2, 0.25) is 5.02 Å². The van der Waals surface area contributed by atoms with Crippen molar-refractivity contribution in [3.63, 3.8) is 0 Å². The van der Waals surface area contributed by atoms with Gasteiger partial charge in [-0.05, 0) is 44.7 Å². The lowest BCUT2D eigenvalue weighted by molar-refractivity contribution is -0.137. The number of benzene rings is 1. The van der Waals surface area contributed by atoms with Gasteiger partial charge >= 0.3 is 5.97 Å². The molecular weight excluding hydrogens is 280 g/mol. The molecule has 0 fully saturated rings. The predicted molar refractivity (Wildman–Crippen MR) is 79.0 cm³/mol. The molecule has 0 aliphatic carbocycles. The van der Waals surface area contributed by atoms with E-state index in [4.69, 9.17) is 26.2 Å². The summed E-state index contributed by atoms with van der Waals surface area (Å²) in [7, 11) is 0. The Balaban J connectivity index is 2.75. The Morgan fingerprint density at radius 1 is 1.15 bits per heavy atom. The minimum atomic E-state index is -0.766. The Labute approximate surface area is 124 Å². The Hall–Kier alpha value is -1.42. The third kappa shape index (κ3) is 5.29. The van der Waals surface area contributed by atoms with Gasteiger partial charge in [0.05, 0.1) is 13.2 Å². The molecule has 0 aromatic heterocycles. The molecule has 0 bridgehead atoms. The highest BCUT2D eigenvalue weighted by atomic mass is 35.5. The minimum Gasteiger partial charge on any atom is -0.490 e. The van der Waals surface area contributed by atoms with Gasteiger partial charge in [0.15, 0.2) is 11.5 Å². The van der Waals surface area contributed by atoms with E-state index in [1.54, 1.807) is 6.07 Å². The van der Waals surface area contributed by atoms with Crippen LogP contribution in [0.3, 0.4) is 0 Å². The van der Waals surface area contributed by atoms with Gasteiger partial charge in [0.1, 0.15) is 0 Å². The van der Waals surface area contributed by atoms with Gasteiger partial charge in [-0.25, -0.2) is 0 Å². The van der Waals surface area contributed by atoms with Crippen molar-refractivity contribution in [2.45, 2.75) is 39.5 Å². The van der Waals surface area contributed by atoms with Crippen molar-refractivity contribution in [3.05, 3.63) is 22.7 Å². The second-order valence-corrected chi connectivity index (χ2v) is 4.76. The fourth-order valence-corrected chi connectivity index (χ4v) is 2.15. The molecule has 0 saturated heterocycles. The zero-order valence-corrected chi connectivity index (χ0v) is 12.7. The van der Waals surface area contributed by atoms with Crippen molar-refractivity contribution in [2.75, 3.05) is 13.2 Å². The van der Waals surface area contributed by atoms with Crippen molar-refractivity contribution in [2.24, 2.45) is 0 Å². The molecule has 0 heterocycles. The van der Waals surface area contributed by atoms with Crippen LogP contribution >= 0.6 is 11.6 Å². The SMILES string of the molecule is CCOc1cc(Cl)c(CCCCC(=O)O)cc1OCC. The molecule has 0 amide bonds. The molecule has 4 nitrogen and oxygen atoms in total. The van der Waals surface area contributed by atoms with E-state index in [-0.39, 0.29) is 6.42 Å². The van der Waals surface area contributed by atoms with Crippen molar-refractivity contribution in [1.82, 2.24) is 0 Å². The molecule has 20 heavy (non-hydrogen) atoms. The third-order valence-corrected chi connectivity index (χ3v) is 3.15. The Morgan fingerprint density at radius 2 is 1.75 bits per heavy atom. The van der Waals surface area contributed by atoms with Gasteiger partial charge in [0, 0.05) is 17.5 Å². The van der Waals surface area contributed by atoms with E-state index in [2.05, 4.69) is 0 Å². The zero-order chi connectivity index (χ0) is 15.0. The Bertz CT molecular complexity index is 446. The molecule has 0 saturated carbocycles. The summed E-state index contributed by atoms with van der Waals surface area (Å²) in [6.45, 7) is 4.93. The maximum atomic E-state index is 10.5. The summed E-state index contributed by atoms with van der Waals surface area (Å²) in [4.78, 5) is 10.5. The molecule has 0 aliphatic heterocycles. The summed E-state index contributed by atoms with van der Waals surface area (Å²) < 4.78 is 11.0. The number of carboxylic acids is 1. The first-order valence-electron chi connectivity index (χ1n) is 6.88. The van der Waals surface area contributed by atoms with Crippen LogP contribution in [-0.2, 0) is 11.2 Å². The number of unbranched alkanes of at least 4 members (excludes halogenated alkanes) is 1. The number of aryl methyl sites for hydroxylation is 1. The van der Waals surface area contributed by atoms with Gasteiger partial charge in [-0.1, -0.05) is 11.6 Å². The van der Waals surface area contributed by atoms with Gasteiger partial charge < -0.3 is 14.6 Å². The normalized spacial score (nSPS) is 10.3. The van der Waals surface area contributed by atoms with E-state index >= 15 is 0 Å². The summed E-state index contributed by atoms with van der Waals surface area (Å²) in [5.41, 5.74) is 0.962. The first-order valence-corrected chi connectivity index (χ1v) is 7.26. The largest absolute Gasteiger partial charge is 0.490 e. The molecule has 0 aliphatic rings. The van der Waals surface area contributed by atoms with Crippen LogP contribution in [0.5, 0.6) is 11.5 Å². The second kappa shape index (κ2) is 8.69. The maximum Gasteiger partial charge on any atom is 0.303 e. The van der Waals surface area contributed by atoms with Crippen LogP contribution in [0.4, 0.5) is 0 Å². The first kappa shape index (κ1) is 16.6. The van der Waals surface area contributed by atoms with Crippen LogP contribution in [-0.4, -0.2) is 24.3 Å². The van der Waals surface area contributed by atoms with Gasteiger partial charge in [0.2, 0.25) is 0 Å². The number of carboxylic acid groups (broad SMARTS) is 1. The molecule has 1 aromatic rings. The van der Waals surface area contributed by atoms with Gasteiger partial charge in [-0.15, -0.1) is 0 Å². The summed E-state index contributed by atoms with van der Waals surface area (Å²) in [5.74, 6) is 0.568. The molecule has 0 atom stereocenters. The Morgan fingerprint density at radius 3 is 2.30 bits per heavy atom. The minimum absolute atomic E-state index is 0.187. The highest BCUT2D eigenvalue weighted by molar-refractivity contribution is 6.31. The molecule has 1 aromatic carbocycles. The van der Waals surface area contributed by atoms with E-state index < -0.39 is 5.97 Å². The molecular formula is C15H21ClO4.